The van der Waals surface area contributed by atoms with Crippen molar-refractivity contribution in [3.05, 3.63) is 60.6 Å². The van der Waals surface area contributed by atoms with E-state index in [-0.39, 0.29) is 0 Å². The molecule has 8 heteroatoms. The van der Waals surface area contributed by atoms with Gasteiger partial charge in [-0.2, -0.15) is 10.2 Å². The molecule has 0 aliphatic carbocycles. The normalized spacial score (nSPS) is 15.1. The van der Waals surface area contributed by atoms with Gasteiger partial charge in [0.2, 0.25) is 0 Å². The Kier molecular flexibility index (Phi) is 4.44. The highest BCUT2D eigenvalue weighted by atomic mass is 16.5. The van der Waals surface area contributed by atoms with Gasteiger partial charge in [0, 0.05) is 35.6 Å². The summed E-state index contributed by atoms with van der Waals surface area (Å²) in [5.74, 6) is 1.55. The van der Waals surface area contributed by atoms with Gasteiger partial charge in [-0.3, -0.25) is 20.1 Å². The molecule has 3 aromatic heterocycles. The van der Waals surface area contributed by atoms with E-state index in [1.54, 1.807) is 0 Å². The minimum Gasteiger partial charge on any atom is -0.379 e. The summed E-state index contributed by atoms with van der Waals surface area (Å²) in [5, 5.41) is 18.4. The number of ether oxygens (including phenoxy) is 1. The number of hydrogen-bond donors (Lipinski definition) is 2. The highest BCUT2D eigenvalue weighted by Crippen LogP contribution is 2.30. The fraction of sp³-hybridized carbons (Fsp3) is 0.217. The first-order valence-corrected chi connectivity index (χ1v) is 10.4. The van der Waals surface area contributed by atoms with Crippen molar-refractivity contribution in [3.8, 4) is 22.8 Å². The monoisotopic (exact) mass is 411 g/mol. The lowest BCUT2D eigenvalue weighted by Crippen LogP contribution is -2.35. The topological polar surface area (TPSA) is 95.6 Å². The van der Waals surface area contributed by atoms with Crippen molar-refractivity contribution in [2.24, 2.45) is 0 Å². The van der Waals surface area contributed by atoms with Crippen LogP contribution in [0.1, 0.15) is 5.82 Å². The summed E-state index contributed by atoms with van der Waals surface area (Å²) in [6, 6.07) is 16.4. The molecule has 5 aromatic rings. The zero-order valence-electron chi connectivity index (χ0n) is 16.9. The molecule has 8 nitrogen and oxygen atoms in total. The molecule has 0 bridgehead atoms. The molecule has 0 atom stereocenters. The molecule has 0 spiro atoms. The third-order valence-corrected chi connectivity index (χ3v) is 5.70. The molecular weight excluding hydrogens is 390 g/mol. The van der Waals surface area contributed by atoms with Gasteiger partial charge in [0.05, 0.1) is 31.0 Å². The predicted octanol–water partition coefficient (Wildman–Crippen LogP) is 3.40. The highest BCUT2D eigenvalue weighted by Gasteiger charge is 2.16. The van der Waals surface area contributed by atoms with Crippen LogP contribution < -0.4 is 0 Å². The molecule has 154 valence electrons. The van der Waals surface area contributed by atoms with Crippen LogP contribution in [0.4, 0.5) is 0 Å². The summed E-state index contributed by atoms with van der Waals surface area (Å²) in [6.07, 6.45) is 1.89. The number of benzene rings is 2. The summed E-state index contributed by atoms with van der Waals surface area (Å²) in [5.41, 5.74) is 3.56. The van der Waals surface area contributed by atoms with Crippen molar-refractivity contribution in [1.29, 1.82) is 0 Å². The number of H-pyrrole nitrogens is 2. The molecule has 2 N–H and O–H groups in total. The Morgan fingerprint density at radius 1 is 0.935 bits per heavy atom. The van der Waals surface area contributed by atoms with E-state index >= 15 is 0 Å². The summed E-state index contributed by atoms with van der Waals surface area (Å²) >= 11 is 0. The smallest absolute Gasteiger partial charge is 0.181 e. The molecule has 6 rings (SSSR count). The standard InChI is InChI=1S/C23H21N7O/c1-2-4-17-13-24-20(12-15(17)3-1)22-18-11-16(5-6-19(18)26-28-22)23-25-21(27-29-23)14-30-7-9-31-10-8-30/h1-6,11-13H,7-10,14H2,(H,26,28)(H,25,27,29). The van der Waals surface area contributed by atoms with Gasteiger partial charge in [0.15, 0.2) is 5.82 Å². The Labute approximate surface area is 178 Å². The summed E-state index contributed by atoms with van der Waals surface area (Å²) in [6.45, 7) is 4.11. The lowest BCUT2D eigenvalue weighted by Gasteiger charge is -2.25. The van der Waals surface area contributed by atoms with Crippen LogP contribution in [-0.2, 0) is 11.3 Å². The van der Waals surface area contributed by atoms with Crippen molar-refractivity contribution >= 4 is 21.7 Å². The number of nitrogens with zero attached hydrogens (tertiary/aromatic N) is 5. The molecule has 0 radical (unpaired) electrons. The van der Waals surface area contributed by atoms with Crippen molar-refractivity contribution in [2.45, 2.75) is 6.54 Å². The average molecular weight is 411 g/mol. The lowest BCUT2D eigenvalue weighted by molar-refractivity contribution is 0.0331. The Morgan fingerprint density at radius 2 is 1.81 bits per heavy atom. The molecule has 4 heterocycles. The summed E-state index contributed by atoms with van der Waals surface area (Å²) in [4.78, 5) is 11.7. The Bertz CT molecular complexity index is 1370. The van der Waals surface area contributed by atoms with Gasteiger partial charge in [-0.25, -0.2) is 4.98 Å². The number of aromatic amines is 2. The maximum atomic E-state index is 5.41. The number of morpholine rings is 1. The van der Waals surface area contributed by atoms with Crippen LogP contribution in [0.5, 0.6) is 0 Å². The third-order valence-electron chi connectivity index (χ3n) is 5.70. The molecule has 31 heavy (non-hydrogen) atoms. The predicted molar refractivity (Wildman–Crippen MR) is 118 cm³/mol. The summed E-state index contributed by atoms with van der Waals surface area (Å²) < 4.78 is 5.41. The number of rotatable bonds is 4. The van der Waals surface area contributed by atoms with Crippen LogP contribution in [0.3, 0.4) is 0 Å². The number of fused-ring (bicyclic) bond motifs is 2. The average Bonchev–Trinajstić information content (AvgIpc) is 3.46. The van der Waals surface area contributed by atoms with Gasteiger partial charge in [-0.05, 0) is 29.7 Å². The second-order valence-corrected chi connectivity index (χ2v) is 7.74. The van der Waals surface area contributed by atoms with Gasteiger partial charge < -0.3 is 4.74 Å². The van der Waals surface area contributed by atoms with Crippen molar-refractivity contribution in [3.63, 3.8) is 0 Å². The molecule has 1 aliphatic heterocycles. The number of pyridine rings is 1. The Hall–Kier alpha value is -3.62. The molecular formula is C23H21N7O. The largest absolute Gasteiger partial charge is 0.379 e. The second-order valence-electron chi connectivity index (χ2n) is 7.74. The number of aromatic nitrogens is 6. The van der Waals surface area contributed by atoms with Crippen LogP contribution in [0, 0.1) is 0 Å². The van der Waals surface area contributed by atoms with Crippen LogP contribution in [0.25, 0.3) is 44.5 Å². The molecule has 1 fully saturated rings. The number of hydrogen-bond acceptors (Lipinski definition) is 6. The van der Waals surface area contributed by atoms with Crippen molar-refractivity contribution in [1.82, 2.24) is 35.3 Å². The highest BCUT2D eigenvalue weighted by molar-refractivity contribution is 5.96. The van der Waals surface area contributed by atoms with Gasteiger partial charge in [-0.1, -0.05) is 24.3 Å². The first-order chi connectivity index (χ1) is 15.3. The molecule has 0 amide bonds. The summed E-state index contributed by atoms with van der Waals surface area (Å²) in [7, 11) is 0. The van der Waals surface area contributed by atoms with Crippen LogP contribution >= 0.6 is 0 Å². The Balaban J connectivity index is 1.34. The van der Waals surface area contributed by atoms with Gasteiger partial charge in [-0.15, -0.1) is 0 Å². The fourth-order valence-corrected chi connectivity index (χ4v) is 4.03. The molecule has 1 aliphatic rings. The van der Waals surface area contributed by atoms with E-state index in [9.17, 15) is 0 Å². The number of nitrogens with one attached hydrogen (secondary N) is 2. The maximum Gasteiger partial charge on any atom is 0.181 e. The maximum absolute atomic E-state index is 5.41. The van der Waals surface area contributed by atoms with E-state index in [4.69, 9.17) is 9.72 Å². The minimum atomic E-state index is 0.684. The van der Waals surface area contributed by atoms with E-state index < -0.39 is 0 Å². The molecule has 0 saturated carbocycles. The van der Waals surface area contributed by atoms with Crippen LogP contribution in [0.15, 0.2) is 54.7 Å². The van der Waals surface area contributed by atoms with Gasteiger partial charge in [0.1, 0.15) is 11.5 Å². The van der Waals surface area contributed by atoms with Gasteiger partial charge >= 0.3 is 0 Å². The van der Waals surface area contributed by atoms with E-state index in [2.05, 4.69) is 54.5 Å². The van der Waals surface area contributed by atoms with E-state index in [0.29, 0.717) is 5.82 Å². The van der Waals surface area contributed by atoms with Crippen molar-refractivity contribution in [2.75, 3.05) is 26.3 Å². The first-order valence-electron chi connectivity index (χ1n) is 10.4. The lowest BCUT2D eigenvalue weighted by atomic mass is 10.1. The van der Waals surface area contributed by atoms with Crippen molar-refractivity contribution < 1.29 is 4.74 Å². The van der Waals surface area contributed by atoms with E-state index in [1.165, 1.54) is 0 Å². The molecule has 1 saturated heterocycles. The third kappa shape index (κ3) is 3.45. The quantitative estimate of drug-likeness (QED) is 0.471. The van der Waals surface area contributed by atoms with E-state index in [0.717, 1.165) is 77.3 Å². The van der Waals surface area contributed by atoms with Crippen LogP contribution in [0.2, 0.25) is 0 Å². The van der Waals surface area contributed by atoms with E-state index in [1.807, 2.05) is 30.5 Å². The SMILES string of the molecule is c1ccc2cc(-c3n[nH]c4ccc(-c5n[nH]c(CN6CCOCC6)n5)cc34)ncc2c1. The van der Waals surface area contributed by atoms with Gasteiger partial charge in [0.25, 0.3) is 0 Å². The second kappa shape index (κ2) is 7.57. The zero-order chi connectivity index (χ0) is 20.6. The molecule has 0 unspecified atom stereocenters. The van der Waals surface area contributed by atoms with Crippen LogP contribution in [-0.4, -0.2) is 61.6 Å². The minimum absolute atomic E-state index is 0.684. The fourth-order valence-electron chi connectivity index (χ4n) is 4.03. The molecule has 2 aromatic carbocycles. The zero-order valence-corrected chi connectivity index (χ0v) is 16.9. The first kappa shape index (κ1) is 18.2. The Morgan fingerprint density at radius 3 is 2.71 bits per heavy atom.